The summed E-state index contributed by atoms with van der Waals surface area (Å²) in [5.41, 5.74) is 7.20. The lowest BCUT2D eigenvalue weighted by atomic mass is 9.82. The monoisotopic (exact) mass is 430 g/mol. The third kappa shape index (κ3) is 3.74. The fourth-order valence-electron chi connectivity index (χ4n) is 4.16. The van der Waals surface area contributed by atoms with Crippen LogP contribution in [0.15, 0.2) is 66.7 Å². The van der Waals surface area contributed by atoms with E-state index in [-0.39, 0.29) is 5.91 Å². The standard InChI is InChI=1S/C26H26N2O4/c1-17-9-12-22-23(15-17)32-14-6-13-28(22)24(29)19-10-11-21(18(2)16-19)26(31,25(27)30)20-7-4-3-5-8-20/h3-5,7-12,15-16,31H,6,13-14H2,1-2H3,(H2,27,30). The minimum absolute atomic E-state index is 0.169. The molecule has 0 aliphatic carbocycles. The maximum atomic E-state index is 13.4. The van der Waals surface area contributed by atoms with Crippen molar-refractivity contribution in [3.8, 4) is 5.75 Å². The molecular formula is C26H26N2O4. The van der Waals surface area contributed by atoms with Crippen molar-refractivity contribution in [3.05, 3.63) is 94.5 Å². The van der Waals surface area contributed by atoms with Crippen LogP contribution in [0.5, 0.6) is 5.75 Å². The molecule has 3 aromatic carbocycles. The molecule has 6 heteroatoms. The molecule has 3 aromatic rings. The SMILES string of the molecule is Cc1ccc2c(c1)OCCCN2C(=O)c1ccc(C(O)(C(N)=O)c2ccccc2)c(C)c1. The van der Waals surface area contributed by atoms with Crippen LogP contribution in [0.4, 0.5) is 5.69 Å². The van der Waals surface area contributed by atoms with E-state index in [0.717, 1.165) is 11.3 Å². The van der Waals surface area contributed by atoms with E-state index in [1.807, 2.05) is 25.1 Å². The predicted molar refractivity (Wildman–Crippen MR) is 123 cm³/mol. The number of nitrogens with zero attached hydrogens (tertiary/aromatic N) is 1. The van der Waals surface area contributed by atoms with Crippen molar-refractivity contribution in [2.75, 3.05) is 18.1 Å². The molecule has 164 valence electrons. The van der Waals surface area contributed by atoms with Crippen LogP contribution in [0.25, 0.3) is 0 Å². The van der Waals surface area contributed by atoms with E-state index in [0.29, 0.717) is 47.6 Å². The van der Waals surface area contributed by atoms with Crippen LogP contribution in [0.2, 0.25) is 0 Å². The Bertz CT molecular complexity index is 1180. The summed E-state index contributed by atoms with van der Waals surface area (Å²) in [6, 6.07) is 19.3. The highest BCUT2D eigenvalue weighted by Crippen LogP contribution is 2.35. The Hall–Kier alpha value is -3.64. The smallest absolute Gasteiger partial charge is 0.258 e. The number of anilines is 1. The highest BCUT2D eigenvalue weighted by Gasteiger charge is 2.39. The van der Waals surface area contributed by atoms with E-state index in [9.17, 15) is 14.7 Å². The second-order valence-electron chi connectivity index (χ2n) is 8.10. The first kappa shape index (κ1) is 21.6. The molecule has 1 atom stereocenters. The number of hydrogen-bond donors (Lipinski definition) is 2. The van der Waals surface area contributed by atoms with Gasteiger partial charge in [0.25, 0.3) is 11.8 Å². The van der Waals surface area contributed by atoms with Crippen molar-refractivity contribution in [1.82, 2.24) is 0 Å². The number of hydrogen-bond acceptors (Lipinski definition) is 4. The zero-order valence-electron chi connectivity index (χ0n) is 18.2. The van der Waals surface area contributed by atoms with Gasteiger partial charge in [0.05, 0.1) is 12.3 Å². The van der Waals surface area contributed by atoms with Crippen LogP contribution in [0.3, 0.4) is 0 Å². The van der Waals surface area contributed by atoms with Gasteiger partial charge in [0.2, 0.25) is 0 Å². The molecule has 1 unspecified atom stereocenters. The van der Waals surface area contributed by atoms with Gasteiger partial charge in [0.15, 0.2) is 5.60 Å². The Morgan fingerprint density at radius 2 is 1.78 bits per heavy atom. The molecule has 3 N–H and O–H groups in total. The van der Waals surface area contributed by atoms with Crippen LogP contribution in [-0.2, 0) is 10.4 Å². The van der Waals surface area contributed by atoms with Gasteiger partial charge in [0.1, 0.15) is 5.75 Å². The summed E-state index contributed by atoms with van der Waals surface area (Å²) in [6.45, 7) is 4.81. The molecule has 0 radical (unpaired) electrons. The molecule has 1 aliphatic rings. The number of ether oxygens (including phenoxy) is 1. The minimum atomic E-state index is -1.99. The van der Waals surface area contributed by atoms with Crippen LogP contribution < -0.4 is 15.4 Å². The second kappa shape index (κ2) is 8.48. The molecule has 1 heterocycles. The highest BCUT2D eigenvalue weighted by molar-refractivity contribution is 6.07. The van der Waals surface area contributed by atoms with E-state index in [1.54, 1.807) is 60.4 Å². The Morgan fingerprint density at radius 1 is 1.03 bits per heavy atom. The molecule has 0 aromatic heterocycles. The number of aryl methyl sites for hydroxylation is 2. The highest BCUT2D eigenvalue weighted by atomic mass is 16.5. The van der Waals surface area contributed by atoms with Crippen molar-refractivity contribution in [1.29, 1.82) is 0 Å². The van der Waals surface area contributed by atoms with E-state index in [2.05, 4.69) is 0 Å². The number of primary amides is 1. The van der Waals surface area contributed by atoms with Crippen molar-refractivity contribution >= 4 is 17.5 Å². The lowest BCUT2D eigenvalue weighted by molar-refractivity contribution is -0.133. The number of benzene rings is 3. The van der Waals surface area contributed by atoms with E-state index >= 15 is 0 Å². The van der Waals surface area contributed by atoms with Crippen LogP contribution in [0, 0.1) is 13.8 Å². The Labute approximate surface area is 187 Å². The van der Waals surface area contributed by atoms with E-state index in [1.165, 1.54) is 0 Å². The lowest BCUT2D eigenvalue weighted by Gasteiger charge is -2.28. The summed E-state index contributed by atoms with van der Waals surface area (Å²) in [5, 5.41) is 11.3. The first-order valence-electron chi connectivity index (χ1n) is 10.6. The maximum absolute atomic E-state index is 13.4. The molecule has 4 rings (SSSR count). The van der Waals surface area contributed by atoms with E-state index < -0.39 is 11.5 Å². The summed E-state index contributed by atoms with van der Waals surface area (Å²) >= 11 is 0. The van der Waals surface area contributed by atoms with Gasteiger partial charge in [-0.2, -0.15) is 0 Å². The average Bonchev–Trinajstić information content (AvgIpc) is 3.00. The maximum Gasteiger partial charge on any atom is 0.258 e. The molecule has 0 fully saturated rings. The molecule has 0 saturated carbocycles. The summed E-state index contributed by atoms with van der Waals surface area (Å²) in [5.74, 6) is -0.353. The zero-order chi connectivity index (χ0) is 22.9. The van der Waals surface area contributed by atoms with Crippen LogP contribution in [-0.4, -0.2) is 30.1 Å². The number of amides is 2. The second-order valence-corrected chi connectivity index (χ2v) is 8.10. The first-order valence-corrected chi connectivity index (χ1v) is 10.6. The van der Waals surface area contributed by atoms with E-state index in [4.69, 9.17) is 10.5 Å². The first-order chi connectivity index (χ1) is 15.3. The number of rotatable bonds is 4. The number of nitrogens with two attached hydrogens (primary N) is 1. The number of carbonyl (C=O) groups excluding carboxylic acids is 2. The van der Waals surface area contributed by atoms with Gasteiger partial charge in [0, 0.05) is 17.7 Å². The molecule has 0 saturated heterocycles. The minimum Gasteiger partial charge on any atom is -0.491 e. The van der Waals surface area contributed by atoms with Crippen molar-refractivity contribution < 1.29 is 19.4 Å². The third-order valence-corrected chi connectivity index (χ3v) is 5.85. The van der Waals surface area contributed by atoms with Gasteiger partial charge >= 0.3 is 0 Å². The Morgan fingerprint density at radius 3 is 2.47 bits per heavy atom. The Balaban J connectivity index is 1.73. The summed E-state index contributed by atoms with van der Waals surface area (Å²) < 4.78 is 5.83. The molecule has 0 bridgehead atoms. The van der Waals surface area contributed by atoms with Crippen LogP contribution in [0.1, 0.15) is 39.0 Å². The van der Waals surface area contributed by atoms with Gasteiger partial charge in [-0.25, -0.2) is 0 Å². The van der Waals surface area contributed by atoms with Gasteiger partial charge in [-0.1, -0.05) is 42.5 Å². The van der Waals surface area contributed by atoms with Gasteiger partial charge in [-0.3, -0.25) is 9.59 Å². The molecule has 1 aliphatic heterocycles. The molecule has 6 nitrogen and oxygen atoms in total. The fraction of sp³-hybridized carbons (Fsp3) is 0.231. The Kier molecular flexibility index (Phi) is 5.72. The summed E-state index contributed by atoms with van der Waals surface area (Å²) in [6.07, 6.45) is 0.714. The van der Waals surface area contributed by atoms with Crippen molar-refractivity contribution in [2.45, 2.75) is 25.9 Å². The molecule has 32 heavy (non-hydrogen) atoms. The van der Waals surface area contributed by atoms with Gasteiger partial charge in [-0.15, -0.1) is 0 Å². The predicted octanol–water partition coefficient (Wildman–Crippen LogP) is 3.45. The van der Waals surface area contributed by atoms with Gasteiger partial charge < -0.3 is 20.5 Å². The normalized spacial score (nSPS) is 15.2. The third-order valence-electron chi connectivity index (χ3n) is 5.85. The molecule has 0 spiro atoms. The fourth-order valence-corrected chi connectivity index (χ4v) is 4.16. The quantitative estimate of drug-likeness (QED) is 0.663. The average molecular weight is 431 g/mol. The van der Waals surface area contributed by atoms with Crippen molar-refractivity contribution in [3.63, 3.8) is 0 Å². The molecular weight excluding hydrogens is 404 g/mol. The summed E-state index contributed by atoms with van der Waals surface area (Å²) in [4.78, 5) is 27.5. The number of aliphatic hydroxyl groups is 1. The largest absolute Gasteiger partial charge is 0.491 e. The van der Waals surface area contributed by atoms with Crippen molar-refractivity contribution in [2.24, 2.45) is 5.73 Å². The molecule has 2 amide bonds. The number of fused-ring (bicyclic) bond motifs is 1. The van der Waals surface area contributed by atoms with Gasteiger partial charge in [-0.05, 0) is 61.2 Å². The summed E-state index contributed by atoms with van der Waals surface area (Å²) in [7, 11) is 0. The lowest BCUT2D eigenvalue weighted by Crippen LogP contribution is -2.42. The van der Waals surface area contributed by atoms with Crippen LogP contribution >= 0.6 is 0 Å². The zero-order valence-corrected chi connectivity index (χ0v) is 18.2. The number of carbonyl (C=O) groups is 2. The topological polar surface area (TPSA) is 92.9 Å².